The average Bonchev–Trinajstić information content (AvgIpc) is 2.39. The van der Waals surface area contributed by atoms with Crippen molar-refractivity contribution >= 4 is 43.5 Å². The number of carbonyl (C=O) groups is 1. The van der Waals surface area contributed by atoms with Crippen LogP contribution in [-0.4, -0.2) is 32.3 Å². The third kappa shape index (κ3) is 4.75. The van der Waals surface area contributed by atoms with Crippen molar-refractivity contribution in [3.63, 3.8) is 0 Å². The second kappa shape index (κ2) is 7.43. The predicted molar refractivity (Wildman–Crippen MR) is 87.4 cm³/mol. The van der Waals surface area contributed by atoms with Gasteiger partial charge in [-0.15, -0.1) is 0 Å². The molecule has 0 aliphatic rings. The van der Waals surface area contributed by atoms with E-state index in [0.717, 1.165) is 21.1 Å². The van der Waals surface area contributed by atoms with Crippen molar-refractivity contribution in [2.45, 2.75) is 25.9 Å². The highest BCUT2D eigenvalue weighted by Gasteiger charge is 2.19. The minimum absolute atomic E-state index is 0.208. The summed E-state index contributed by atoms with van der Waals surface area (Å²) in [6.45, 7) is 4.73. The third-order valence-corrected chi connectivity index (χ3v) is 4.12. The first-order chi connectivity index (χ1) is 9.30. The third-order valence-electron chi connectivity index (χ3n) is 3.04. The number of nitrogens with one attached hydrogen (secondary N) is 1. The molecule has 0 radical (unpaired) electrons. The molecule has 0 saturated heterocycles. The van der Waals surface area contributed by atoms with Gasteiger partial charge < -0.3 is 14.8 Å². The van der Waals surface area contributed by atoms with Crippen molar-refractivity contribution in [2.24, 2.45) is 0 Å². The van der Waals surface area contributed by atoms with Crippen LogP contribution in [0.15, 0.2) is 21.1 Å². The van der Waals surface area contributed by atoms with Crippen LogP contribution in [0.4, 0.5) is 5.69 Å². The Morgan fingerprint density at radius 2 is 1.95 bits per heavy atom. The van der Waals surface area contributed by atoms with Crippen molar-refractivity contribution in [1.29, 1.82) is 0 Å². The number of methoxy groups -OCH3 is 2. The lowest BCUT2D eigenvalue weighted by atomic mass is 10.1. The van der Waals surface area contributed by atoms with Crippen molar-refractivity contribution in [3.8, 4) is 0 Å². The molecule has 0 aliphatic carbocycles. The van der Waals surface area contributed by atoms with E-state index >= 15 is 0 Å². The SMILES string of the molecule is COC(=O)c1cc(Br)cc(Br)c1NCCC(C)(C)OC. The first-order valence-electron chi connectivity index (χ1n) is 6.17. The van der Waals surface area contributed by atoms with Crippen molar-refractivity contribution in [2.75, 3.05) is 26.1 Å². The van der Waals surface area contributed by atoms with Crippen LogP contribution in [-0.2, 0) is 9.47 Å². The molecule has 1 N–H and O–H groups in total. The van der Waals surface area contributed by atoms with Gasteiger partial charge in [0.25, 0.3) is 0 Å². The maximum absolute atomic E-state index is 11.8. The van der Waals surface area contributed by atoms with Crippen molar-refractivity contribution in [3.05, 3.63) is 26.6 Å². The Morgan fingerprint density at radius 3 is 2.50 bits per heavy atom. The zero-order chi connectivity index (χ0) is 15.3. The number of hydrogen-bond acceptors (Lipinski definition) is 4. The Bertz CT molecular complexity index is 490. The van der Waals surface area contributed by atoms with Crippen LogP contribution in [0, 0.1) is 0 Å². The highest BCUT2D eigenvalue weighted by Crippen LogP contribution is 2.31. The lowest BCUT2D eigenvalue weighted by molar-refractivity contribution is 0.0185. The molecule has 20 heavy (non-hydrogen) atoms. The van der Waals surface area contributed by atoms with Crippen molar-refractivity contribution < 1.29 is 14.3 Å². The zero-order valence-electron chi connectivity index (χ0n) is 12.0. The van der Waals surface area contributed by atoms with Gasteiger partial charge in [-0.25, -0.2) is 4.79 Å². The molecule has 6 heteroatoms. The topological polar surface area (TPSA) is 47.6 Å². The molecule has 1 aromatic carbocycles. The Balaban J connectivity index is 2.91. The second-order valence-corrected chi connectivity index (χ2v) is 6.71. The molecule has 0 bridgehead atoms. The van der Waals surface area contributed by atoms with E-state index in [1.54, 1.807) is 13.2 Å². The summed E-state index contributed by atoms with van der Waals surface area (Å²) in [5, 5.41) is 3.27. The lowest BCUT2D eigenvalue weighted by Crippen LogP contribution is -2.26. The molecule has 1 aromatic rings. The summed E-state index contributed by atoms with van der Waals surface area (Å²) < 4.78 is 11.8. The van der Waals surface area contributed by atoms with Gasteiger partial charge in [0.1, 0.15) is 0 Å². The summed E-state index contributed by atoms with van der Waals surface area (Å²) in [4.78, 5) is 11.8. The molecule has 4 nitrogen and oxygen atoms in total. The van der Waals surface area contributed by atoms with E-state index in [0.29, 0.717) is 12.1 Å². The second-order valence-electron chi connectivity index (χ2n) is 4.94. The predicted octanol–water partition coefficient (Wildman–Crippen LogP) is 4.23. The summed E-state index contributed by atoms with van der Waals surface area (Å²) in [7, 11) is 3.06. The van der Waals surface area contributed by atoms with E-state index in [-0.39, 0.29) is 11.6 Å². The molecular weight excluding hydrogens is 390 g/mol. The number of benzene rings is 1. The van der Waals surface area contributed by atoms with Crippen LogP contribution in [0.25, 0.3) is 0 Å². The first kappa shape index (κ1) is 17.5. The number of rotatable bonds is 6. The number of esters is 1. The van der Waals surface area contributed by atoms with Crippen LogP contribution < -0.4 is 5.32 Å². The smallest absolute Gasteiger partial charge is 0.340 e. The summed E-state index contributed by atoms with van der Waals surface area (Å²) in [5.41, 5.74) is 1.01. The lowest BCUT2D eigenvalue weighted by Gasteiger charge is -2.23. The standard InChI is InChI=1S/C14H19Br2NO3/c1-14(2,20-4)5-6-17-12-10(13(18)19-3)7-9(15)8-11(12)16/h7-8,17H,5-6H2,1-4H3. The van der Waals surface area contributed by atoms with Gasteiger partial charge in [0.15, 0.2) is 0 Å². The van der Waals surface area contributed by atoms with Gasteiger partial charge in [0.05, 0.1) is 24.0 Å². The number of halogens is 2. The Morgan fingerprint density at radius 1 is 1.30 bits per heavy atom. The van der Waals surface area contributed by atoms with Crippen molar-refractivity contribution in [1.82, 2.24) is 0 Å². The molecule has 0 heterocycles. The van der Waals surface area contributed by atoms with E-state index in [9.17, 15) is 4.79 Å². The fraction of sp³-hybridized carbons (Fsp3) is 0.500. The number of anilines is 1. The highest BCUT2D eigenvalue weighted by atomic mass is 79.9. The molecule has 0 aromatic heterocycles. The van der Waals surface area contributed by atoms with Crippen LogP contribution in [0.3, 0.4) is 0 Å². The molecule has 0 saturated carbocycles. The summed E-state index contributed by atoms with van der Waals surface area (Å²) in [5.74, 6) is -0.375. The monoisotopic (exact) mass is 407 g/mol. The van der Waals surface area contributed by atoms with Gasteiger partial charge in [-0.3, -0.25) is 0 Å². The minimum Gasteiger partial charge on any atom is -0.465 e. The van der Waals surface area contributed by atoms with Crippen LogP contribution in [0.5, 0.6) is 0 Å². The molecule has 0 fully saturated rings. The maximum Gasteiger partial charge on any atom is 0.340 e. The van der Waals surface area contributed by atoms with E-state index in [2.05, 4.69) is 37.2 Å². The van der Waals surface area contributed by atoms with Crippen LogP contribution >= 0.6 is 31.9 Å². The molecule has 0 unspecified atom stereocenters. The minimum atomic E-state index is -0.375. The molecule has 0 aliphatic heterocycles. The molecule has 0 atom stereocenters. The van der Waals surface area contributed by atoms with Crippen LogP contribution in [0.1, 0.15) is 30.6 Å². The van der Waals surface area contributed by atoms with Gasteiger partial charge in [-0.1, -0.05) is 15.9 Å². The Hall–Kier alpha value is -0.590. The van der Waals surface area contributed by atoms with Gasteiger partial charge in [0, 0.05) is 22.6 Å². The summed E-state index contributed by atoms with van der Waals surface area (Å²) in [6, 6.07) is 3.62. The largest absolute Gasteiger partial charge is 0.465 e. The highest BCUT2D eigenvalue weighted by molar-refractivity contribution is 9.11. The summed E-state index contributed by atoms with van der Waals surface area (Å²) in [6.07, 6.45) is 0.812. The molecule has 0 amide bonds. The molecule has 0 spiro atoms. The quantitative estimate of drug-likeness (QED) is 0.715. The number of carbonyl (C=O) groups excluding carboxylic acids is 1. The van der Waals surface area contributed by atoms with Gasteiger partial charge in [-0.05, 0) is 48.3 Å². The van der Waals surface area contributed by atoms with Gasteiger partial charge >= 0.3 is 5.97 Å². The average molecular weight is 409 g/mol. The van der Waals surface area contributed by atoms with E-state index in [4.69, 9.17) is 9.47 Å². The maximum atomic E-state index is 11.8. The van der Waals surface area contributed by atoms with E-state index in [1.807, 2.05) is 19.9 Å². The fourth-order valence-corrected chi connectivity index (χ4v) is 2.98. The fourth-order valence-electron chi connectivity index (χ4n) is 1.61. The van der Waals surface area contributed by atoms with E-state index < -0.39 is 0 Å². The Kier molecular flexibility index (Phi) is 6.48. The Labute approximate surface area is 136 Å². The van der Waals surface area contributed by atoms with Crippen LogP contribution in [0.2, 0.25) is 0 Å². The number of ether oxygens (including phenoxy) is 2. The van der Waals surface area contributed by atoms with Gasteiger partial charge in [-0.2, -0.15) is 0 Å². The molecule has 112 valence electrons. The van der Waals surface area contributed by atoms with E-state index in [1.165, 1.54) is 7.11 Å². The normalized spacial score (nSPS) is 11.3. The van der Waals surface area contributed by atoms with Gasteiger partial charge in [0.2, 0.25) is 0 Å². The zero-order valence-corrected chi connectivity index (χ0v) is 15.2. The first-order valence-corrected chi connectivity index (χ1v) is 7.75. The molecule has 1 rings (SSSR count). The molecular formula is C14H19Br2NO3. The summed E-state index contributed by atoms with van der Waals surface area (Å²) >= 11 is 6.83. The number of hydrogen-bond donors (Lipinski definition) is 1.